The Kier molecular flexibility index (Phi) is 3.58. The van der Waals surface area contributed by atoms with Crippen molar-refractivity contribution in [1.29, 1.82) is 0 Å². The van der Waals surface area contributed by atoms with Gasteiger partial charge in [-0.05, 0) is 24.3 Å². The summed E-state index contributed by atoms with van der Waals surface area (Å²) < 4.78 is 11.0. The average molecular weight is 259 g/mol. The van der Waals surface area contributed by atoms with Crippen molar-refractivity contribution >= 4 is 11.0 Å². The molecule has 1 aliphatic rings. The first-order valence-corrected chi connectivity index (χ1v) is 7.00. The topological polar surface area (TPSA) is 34.4 Å². The van der Waals surface area contributed by atoms with Crippen molar-refractivity contribution in [3.8, 4) is 0 Å². The van der Waals surface area contributed by atoms with Gasteiger partial charge in [0.2, 0.25) is 0 Å². The third-order valence-corrected chi connectivity index (χ3v) is 4.13. The van der Waals surface area contributed by atoms with Crippen LogP contribution in [0.4, 0.5) is 0 Å². The third kappa shape index (κ3) is 2.82. The van der Waals surface area contributed by atoms with Gasteiger partial charge in [0.25, 0.3) is 0 Å². The van der Waals surface area contributed by atoms with Crippen LogP contribution in [0.2, 0.25) is 0 Å². The largest absolute Gasteiger partial charge is 0.464 e. The molecular weight excluding hydrogens is 238 g/mol. The molecule has 0 saturated carbocycles. The van der Waals surface area contributed by atoms with Gasteiger partial charge in [-0.15, -0.1) is 0 Å². The summed E-state index contributed by atoms with van der Waals surface area (Å²) in [5, 5.41) is 4.79. The van der Waals surface area contributed by atoms with E-state index in [2.05, 4.69) is 24.4 Å². The lowest BCUT2D eigenvalue weighted by Gasteiger charge is -2.33. The maximum atomic E-state index is 5.56. The SMILES string of the molecule is CC1(CNCc2coc3ccccc23)CCOCC1. The number of hydrogen-bond donors (Lipinski definition) is 1. The number of para-hydroxylation sites is 1. The summed E-state index contributed by atoms with van der Waals surface area (Å²) in [6.07, 6.45) is 4.16. The van der Waals surface area contributed by atoms with Crippen molar-refractivity contribution in [2.24, 2.45) is 5.41 Å². The van der Waals surface area contributed by atoms with Crippen LogP contribution in [0.15, 0.2) is 34.9 Å². The molecule has 1 aromatic carbocycles. The molecule has 1 aromatic heterocycles. The molecule has 2 heterocycles. The van der Waals surface area contributed by atoms with Gasteiger partial charge in [0.15, 0.2) is 0 Å². The standard InChI is InChI=1S/C16H21NO2/c1-16(6-8-18-9-7-16)12-17-10-13-11-19-15-5-3-2-4-14(13)15/h2-5,11,17H,6-10,12H2,1H3. The van der Waals surface area contributed by atoms with Crippen LogP contribution in [0.3, 0.4) is 0 Å². The minimum absolute atomic E-state index is 0.373. The maximum Gasteiger partial charge on any atom is 0.134 e. The first-order chi connectivity index (χ1) is 9.27. The molecule has 3 rings (SSSR count). The molecule has 19 heavy (non-hydrogen) atoms. The second-order valence-corrected chi connectivity index (χ2v) is 5.78. The Morgan fingerprint density at radius 2 is 2.00 bits per heavy atom. The molecule has 0 spiro atoms. The highest BCUT2D eigenvalue weighted by molar-refractivity contribution is 5.80. The van der Waals surface area contributed by atoms with Crippen molar-refractivity contribution < 1.29 is 9.15 Å². The third-order valence-electron chi connectivity index (χ3n) is 4.13. The van der Waals surface area contributed by atoms with E-state index in [4.69, 9.17) is 9.15 Å². The van der Waals surface area contributed by atoms with Crippen molar-refractivity contribution in [1.82, 2.24) is 5.32 Å². The summed E-state index contributed by atoms with van der Waals surface area (Å²) in [5.74, 6) is 0. The Balaban J connectivity index is 1.60. The Morgan fingerprint density at radius 1 is 1.21 bits per heavy atom. The molecule has 1 aliphatic heterocycles. The second-order valence-electron chi connectivity index (χ2n) is 5.78. The van der Waals surface area contributed by atoms with E-state index in [1.165, 1.54) is 10.9 Å². The molecule has 0 atom stereocenters. The van der Waals surface area contributed by atoms with Gasteiger partial charge in [-0.2, -0.15) is 0 Å². The molecule has 0 bridgehead atoms. The molecule has 3 nitrogen and oxygen atoms in total. The van der Waals surface area contributed by atoms with Gasteiger partial charge in [0.05, 0.1) is 6.26 Å². The number of fused-ring (bicyclic) bond motifs is 1. The highest BCUT2D eigenvalue weighted by Crippen LogP contribution is 2.29. The summed E-state index contributed by atoms with van der Waals surface area (Å²) >= 11 is 0. The fourth-order valence-corrected chi connectivity index (χ4v) is 2.71. The minimum Gasteiger partial charge on any atom is -0.464 e. The lowest BCUT2D eigenvalue weighted by Crippen LogP contribution is -2.36. The summed E-state index contributed by atoms with van der Waals surface area (Å²) in [6.45, 7) is 6.04. The molecule has 1 saturated heterocycles. The van der Waals surface area contributed by atoms with Crippen molar-refractivity contribution in [3.63, 3.8) is 0 Å². The quantitative estimate of drug-likeness (QED) is 0.914. The molecule has 102 valence electrons. The molecule has 0 radical (unpaired) electrons. The van der Waals surface area contributed by atoms with E-state index < -0.39 is 0 Å². The number of benzene rings is 1. The highest BCUT2D eigenvalue weighted by Gasteiger charge is 2.26. The minimum atomic E-state index is 0.373. The Hall–Kier alpha value is -1.32. The van der Waals surface area contributed by atoms with Gasteiger partial charge in [0.1, 0.15) is 5.58 Å². The van der Waals surface area contributed by atoms with E-state index in [0.717, 1.165) is 44.7 Å². The normalized spacial score (nSPS) is 18.8. The number of furan rings is 1. The molecule has 1 N–H and O–H groups in total. The van der Waals surface area contributed by atoms with Crippen molar-refractivity contribution in [2.45, 2.75) is 26.3 Å². The molecule has 2 aromatic rings. The summed E-state index contributed by atoms with van der Waals surface area (Å²) in [6, 6.07) is 8.19. The Bertz CT molecular complexity index is 540. The Morgan fingerprint density at radius 3 is 2.84 bits per heavy atom. The van der Waals surface area contributed by atoms with E-state index >= 15 is 0 Å². The van der Waals surface area contributed by atoms with Gasteiger partial charge in [-0.1, -0.05) is 25.1 Å². The predicted octanol–water partition coefficient (Wildman–Crippen LogP) is 3.34. The molecular formula is C16H21NO2. The zero-order chi connectivity index (χ0) is 13.1. The first kappa shape index (κ1) is 12.7. The van der Waals surface area contributed by atoms with E-state index in [0.29, 0.717) is 5.41 Å². The second kappa shape index (κ2) is 5.35. The molecule has 0 unspecified atom stereocenters. The summed E-state index contributed by atoms with van der Waals surface area (Å²) in [4.78, 5) is 0. The van der Waals surface area contributed by atoms with Gasteiger partial charge < -0.3 is 14.5 Å². The number of nitrogens with one attached hydrogen (secondary N) is 1. The highest BCUT2D eigenvalue weighted by atomic mass is 16.5. The van der Waals surface area contributed by atoms with Gasteiger partial charge >= 0.3 is 0 Å². The zero-order valence-electron chi connectivity index (χ0n) is 11.4. The monoisotopic (exact) mass is 259 g/mol. The van der Waals surface area contributed by atoms with Crippen LogP contribution in [0, 0.1) is 5.41 Å². The zero-order valence-corrected chi connectivity index (χ0v) is 11.4. The van der Waals surface area contributed by atoms with E-state index in [1.54, 1.807) is 0 Å². The van der Waals surface area contributed by atoms with Gasteiger partial charge in [-0.25, -0.2) is 0 Å². The van der Waals surface area contributed by atoms with Gasteiger partial charge in [-0.3, -0.25) is 0 Å². The van der Waals surface area contributed by atoms with E-state index in [-0.39, 0.29) is 0 Å². The lowest BCUT2D eigenvalue weighted by atomic mass is 9.82. The summed E-state index contributed by atoms with van der Waals surface area (Å²) in [5.41, 5.74) is 2.58. The molecule has 3 heteroatoms. The fraction of sp³-hybridized carbons (Fsp3) is 0.500. The van der Waals surface area contributed by atoms with Crippen LogP contribution in [0.1, 0.15) is 25.3 Å². The van der Waals surface area contributed by atoms with E-state index in [9.17, 15) is 0 Å². The molecule has 0 aliphatic carbocycles. The smallest absolute Gasteiger partial charge is 0.134 e. The van der Waals surface area contributed by atoms with Crippen LogP contribution >= 0.6 is 0 Å². The van der Waals surface area contributed by atoms with E-state index in [1.807, 2.05) is 18.4 Å². The van der Waals surface area contributed by atoms with Crippen molar-refractivity contribution in [3.05, 3.63) is 36.1 Å². The van der Waals surface area contributed by atoms with Crippen LogP contribution in [-0.4, -0.2) is 19.8 Å². The number of ether oxygens (including phenoxy) is 1. The van der Waals surface area contributed by atoms with Crippen LogP contribution in [0.25, 0.3) is 11.0 Å². The first-order valence-electron chi connectivity index (χ1n) is 7.00. The van der Waals surface area contributed by atoms with Crippen LogP contribution in [-0.2, 0) is 11.3 Å². The molecule has 0 amide bonds. The maximum absolute atomic E-state index is 5.56. The van der Waals surface area contributed by atoms with Gasteiger partial charge in [0, 0.05) is 37.3 Å². The van der Waals surface area contributed by atoms with Crippen LogP contribution < -0.4 is 5.32 Å². The average Bonchev–Trinajstić information content (AvgIpc) is 2.83. The lowest BCUT2D eigenvalue weighted by molar-refractivity contribution is 0.0240. The molecule has 1 fully saturated rings. The fourth-order valence-electron chi connectivity index (χ4n) is 2.71. The number of rotatable bonds is 4. The number of hydrogen-bond acceptors (Lipinski definition) is 3. The van der Waals surface area contributed by atoms with Crippen molar-refractivity contribution in [2.75, 3.05) is 19.8 Å². The summed E-state index contributed by atoms with van der Waals surface area (Å²) in [7, 11) is 0. The van der Waals surface area contributed by atoms with Crippen LogP contribution in [0.5, 0.6) is 0 Å². The predicted molar refractivity (Wildman–Crippen MR) is 76.1 cm³/mol. The Labute approximate surface area is 113 Å².